The number of aliphatic hydroxyl groups excluding tert-OH is 1. The molecule has 0 aliphatic rings. The van der Waals surface area contributed by atoms with Crippen LogP contribution in [0.2, 0.25) is 0 Å². The molecule has 0 saturated heterocycles. The van der Waals surface area contributed by atoms with E-state index in [9.17, 15) is 5.11 Å². The molecule has 2 aromatic rings. The summed E-state index contributed by atoms with van der Waals surface area (Å²) in [6, 6.07) is 20.2. The third-order valence-corrected chi connectivity index (χ3v) is 4.17. The van der Waals surface area contributed by atoms with Crippen molar-refractivity contribution in [2.75, 3.05) is 6.61 Å². The van der Waals surface area contributed by atoms with Crippen LogP contribution in [0.1, 0.15) is 12.5 Å². The predicted molar refractivity (Wildman–Crippen MR) is 92.7 cm³/mol. The van der Waals surface area contributed by atoms with Crippen molar-refractivity contribution in [2.45, 2.75) is 24.5 Å². The molecular formula is C19H22O2S. The van der Waals surface area contributed by atoms with Gasteiger partial charge in [0, 0.05) is 10.8 Å². The zero-order chi connectivity index (χ0) is 15.6. The molecule has 0 heterocycles. The number of benzene rings is 2. The summed E-state index contributed by atoms with van der Waals surface area (Å²) >= 11 is 1.65. The molecule has 0 unspecified atom stereocenters. The molecule has 0 radical (unpaired) electrons. The molecule has 2 atom stereocenters. The number of rotatable bonds is 8. The molecule has 0 bridgehead atoms. The fourth-order valence-corrected chi connectivity index (χ4v) is 2.69. The van der Waals surface area contributed by atoms with Gasteiger partial charge < -0.3 is 9.84 Å². The monoisotopic (exact) mass is 314 g/mol. The maximum atomic E-state index is 10.1. The minimum Gasteiger partial charge on any atom is -0.390 e. The van der Waals surface area contributed by atoms with Gasteiger partial charge in [0.1, 0.15) is 0 Å². The molecule has 0 aromatic heterocycles. The highest BCUT2D eigenvalue weighted by atomic mass is 32.2. The van der Waals surface area contributed by atoms with E-state index < -0.39 is 6.10 Å². The van der Waals surface area contributed by atoms with Gasteiger partial charge in [-0.1, -0.05) is 73.3 Å². The summed E-state index contributed by atoms with van der Waals surface area (Å²) in [4.78, 5) is 1.20. The Kier molecular flexibility index (Phi) is 7.23. The lowest BCUT2D eigenvalue weighted by atomic mass is 10.1. The van der Waals surface area contributed by atoms with Crippen LogP contribution >= 0.6 is 11.8 Å². The van der Waals surface area contributed by atoms with E-state index in [1.807, 2.05) is 66.9 Å². The van der Waals surface area contributed by atoms with Gasteiger partial charge in [-0.25, -0.2) is 0 Å². The first kappa shape index (κ1) is 16.8. The summed E-state index contributed by atoms with van der Waals surface area (Å²) in [7, 11) is 0. The van der Waals surface area contributed by atoms with Gasteiger partial charge in [0.15, 0.2) is 0 Å². The zero-order valence-corrected chi connectivity index (χ0v) is 13.6. The van der Waals surface area contributed by atoms with E-state index in [2.05, 4.69) is 12.1 Å². The Labute approximate surface area is 136 Å². The molecule has 1 N–H and O–H groups in total. The van der Waals surface area contributed by atoms with Crippen LogP contribution in [0.15, 0.2) is 77.0 Å². The largest absolute Gasteiger partial charge is 0.390 e. The van der Waals surface area contributed by atoms with Gasteiger partial charge >= 0.3 is 0 Å². The number of hydrogen-bond donors (Lipinski definition) is 1. The molecule has 0 fully saturated rings. The van der Waals surface area contributed by atoms with Crippen molar-refractivity contribution in [3.63, 3.8) is 0 Å². The van der Waals surface area contributed by atoms with Crippen molar-refractivity contribution in [1.82, 2.24) is 0 Å². The van der Waals surface area contributed by atoms with Gasteiger partial charge in [-0.3, -0.25) is 0 Å². The molecule has 0 amide bonds. The molecule has 0 saturated carbocycles. The van der Waals surface area contributed by atoms with E-state index in [0.717, 1.165) is 5.56 Å². The zero-order valence-electron chi connectivity index (χ0n) is 12.8. The van der Waals surface area contributed by atoms with Crippen LogP contribution in [0.3, 0.4) is 0 Å². The lowest BCUT2D eigenvalue weighted by molar-refractivity contribution is 0.0118. The highest BCUT2D eigenvalue weighted by molar-refractivity contribution is 8.02. The first-order valence-electron chi connectivity index (χ1n) is 7.44. The summed E-state index contributed by atoms with van der Waals surface area (Å²) < 4.78 is 5.58. The second-order valence-corrected chi connectivity index (χ2v) is 6.17. The molecular weight excluding hydrogens is 292 g/mol. The molecule has 116 valence electrons. The summed E-state index contributed by atoms with van der Waals surface area (Å²) in [6.07, 6.45) is 1.53. The highest BCUT2D eigenvalue weighted by Gasteiger charge is 2.11. The molecule has 0 aliphatic carbocycles. The van der Waals surface area contributed by atoms with Crippen molar-refractivity contribution in [3.8, 4) is 0 Å². The van der Waals surface area contributed by atoms with Crippen molar-refractivity contribution in [2.24, 2.45) is 5.92 Å². The topological polar surface area (TPSA) is 29.5 Å². The van der Waals surface area contributed by atoms with Crippen molar-refractivity contribution < 1.29 is 9.84 Å². The number of aliphatic hydroxyl groups is 1. The first-order chi connectivity index (χ1) is 10.8. The smallest absolute Gasteiger partial charge is 0.0833 e. The Morgan fingerprint density at radius 3 is 2.36 bits per heavy atom. The quantitative estimate of drug-likeness (QED) is 0.727. The van der Waals surface area contributed by atoms with Crippen molar-refractivity contribution in [1.29, 1.82) is 0 Å². The minimum atomic E-state index is -0.490. The van der Waals surface area contributed by atoms with Gasteiger partial charge in [0.2, 0.25) is 0 Å². The van der Waals surface area contributed by atoms with Gasteiger partial charge in [-0.05, 0) is 23.1 Å². The number of hydrogen-bond acceptors (Lipinski definition) is 3. The lowest BCUT2D eigenvalue weighted by Crippen LogP contribution is -2.22. The predicted octanol–water partition coefficient (Wildman–Crippen LogP) is 4.51. The Hall–Kier alpha value is -1.55. The molecule has 2 rings (SSSR count). The maximum absolute atomic E-state index is 10.1. The van der Waals surface area contributed by atoms with E-state index in [1.165, 1.54) is 4.90 Å². The third kappa shape index (κ3) is 6.06. The van der Waals surface area contributed by atoms with E-state index >= 15 is 0 Å². The van der Waals surface area contributed by atoms with Crippen molar-refractivity contribution >= 4 is 11.8 Å². The van der Waals surface area contributed by atoms with Crippen LogP contribution in [-0.4, -0.2) is 17.8 Å². The number of thioether (sulfide) groups is 1. The highest BCUT2D eigenvalue weighted by Crippen LogP contribution is 2.19. The van der Waals surface area contributed by atoms with Crippen LogP contribution in [-0.2, 0) is 11.3 Å². The van der Waals surface area contributed by atoms with Crippen LogP contribution in [0.5, 0.6) is 0 Å². The first-order valence-corrected chi connectivity index (χ1v) is 8.32. The third-order valence-electron chi connectivity index (χ3n) is 3.34. The average Bonchev–Trinajstić information content (AvgIpc) is 2.56. The Morgan fingerprint density at radius 2 is 1.68 bits per heavy atom. The second kappa shape index (κ2) is 9.46. The second-order valence-electron chi connectivity index (χ2n) is 5.19. The average molecular weight is 314 g/mol. The molecule has 2 aromatic carbocycles. The van der Waals surface area contributed by atoms with Gasteiger partial charge in [0.25, 0.3) is 0 Å². The minimum absolute atomic E-state index is 0.0620. The summed E-state index contributed by atoms with van der Waals surface area (Å²) in [5, 5.41) is 12.1. The fraction of sp³-hybridized carbons (Fsp3) is 0.263. The summed E-state index contributed by atoms with van der Waals surface area (Å²) in [5.41, 5.74) is 1.12. The Balaban J connectivity index is 1.69. The van der Waals surface area contributed by atoms with Crippen LogP contribution < -0.4 is 0 Å². The van der Waals surface area contributed by atoms with Gasteiger partial charge in [0.05, 0.1) is 19.3 Å². The Morgan fingerprint density at radius 1 is 1.05 bits per heavy atom. The standard InChI is InChI=1S/C19H22O2S/c1-16(12-13-22-18-10-6-3-7-11-18)19(20)15-21-14-17-8-4-2-5-9-17/h2-13,16,19-20H,14-15H2,1H3/b13-12+/t16-,19+/m1/s1. The van der Waals surface area contributed by atoms with E-state index in [1.54, 1.807) is 11.8 Å². The van der Waals surface area contributed by atoms with Crippen molar-refractivity contribution in [3.05, 3.63) is 77.7 Å². The summed E-state index contributed by atoms with van der Waals surface area (Å²) in [6.45, 7) is 2.88. The van der Waals surface area contributed by atoms with Crippen LogP contribution in [0.25, 0.3) is 0 Å². The molecule has 3 heteroatoms. The number of ether oxygens (including phenoxy) is 1. The molecule has 0 spiro atoms. The maximum Gasteiger partial charge on any atom is 0.0833 e. The Bertz CT molecular complexity index is 554. The van der Waals surface area contributed by atoms with E-state index in [4.69, 9.17) is 4.74 Å². The van der Waals surface area contributed by atoms with Gasteiger partial charge in [-0.2, -0.15) is 0 Å². The SMILES string of the molecule is C[C@H](/C=C/Sc1ccccc1)[C@@H](O)COCc1ccccc1. The van der Waals surface area contributed by atoms with Crippen LogP contribution in [0.4, 0.5) is 0 Å². The van der Waals surface area contributed by atoms with Gasteiger partial charge in [-0.15, -0.1) is 0 Å². The fourth-order valence-electron chi connectivity index (χ4n) is 1.89. The normalized spacial score (nSPS) is 14.1. The van der Waals surface area contributed by atoms with E-state index in [-0.39, 0.29) is 5.92 Å². The molecule has 2 nitrogen and oxygen atoms in total. The molecule has 22 heavy (non-hydrogen) atoms. The lowest BCUT2D eigenvalue weighted by Gasteiger charge is -2.15. The summed E-state index contributed by atoms with van der Waals surface area (Å²) in [5.74, 6) is 0.0620. The molecule has 0 aliphatic heterocycles. The van der Waals surface area contributed by atoms with E-state index in [0.29, 0.717) is 13.2 Å². The van der Waals surface area contributed by atoms with Crippen LogP contribution in [0, 0.1) is 5.92 Å².